The zero-order valence-corrected chi connectivity index (χ0v) is 9.80. The normalized spacial score (nSPS) is 16.8. The van der Waals surface area contributed by atoms with Crippen LogP contribution in [0.1, 0.15) is 24.8 Å². The van der Waals surface area contributed by atoms with Gasteiger partial charge in [0.2, 0.25) is 0 Å². The van der Waals surface area contributed by atoms with Gasteiger partial charge in [-0.05, 0) is 31.4 Å². The molecule has 2 heterocycles. The lowest BCUT2D eigenvalue weighted by Crippen LogP contribution is -2.30. The van der Waals surface area contributed by atoms with Gasteiger partial charge in [0.05, 0.1) is 5.56 Å². The average molecular weight is 260 g/mol. The summed E-state index contributed by atoms with van der Waals surface area (Å²) in [4.78, 5) is 5.94. The van der Waals surface area contributed by atoms with E-state index in [2.05, 4.69) is 10.4 Å². The Balaban J connectivity index is 2.34. The van der Waals surface area contributed by atoms with E-state index >= 15 is 0 Å². The number of nitrogens with zero attached hydrogens (tertiary/aromatic N) is 2. The molecule has 0 atom stereocenters. The maximum atomic E-state index is 12.7. The van der Waals surface area contributed by atoms with Crippen LogP contribution in [0.5, 0.6) is 0 Å². The average Bonchev–Trinajstić information content (AvgIpc) is 2.38. The molecule has 0 aliphatic carbocycles. The smallest absolute Gasteiger partial charge is 0.357 e. The number of anilines is 2. The summed E-state index contributed by atoms with van der Waals surface area (Å²) < 4.78 is 38.2. The lowest BCUT2D eigenvalue weighted by molar-refractivity contribution is -0.137. The fourth-order valence-corrected chi connectivity index (χ4v) is 2.04. The largest absolute Gasteiger partial charge is 0.416 e. The van der Waals surface area contributed by atoms with Crippen molar-refractivity contribution in [2.45, 2.75) is 25.4 Å². The van der Waals surface area contributed by atoms with E-state index in [0.717, 1.165) is 44.5 Å². The molecule has 0 amide bonds. The minimum absolute atomic E-state index is 0.0328. The quantitative estimate of drug-likeness (QED) is 0.633. The summed E-state index contributed by atoms with van der Waals surface area (Å²) in [6, 6.07) is 1.99. The first-order valence-electron chi connectivity index (χ1n) is 5.81. The minimum Gasteiger partial charge on any atom is -0.357 e. The van der Waals surface area contributed by atoms with Gasteiger partial charge in [-0.1, -0.05) is 0 Å². The molecule has 0 aromatic carbocycles. The highest BCUT2D eigenvalue weighted by Gasteiger charge is 2.32. The number of hydrazine groups is 1. The number of aromatic nitrogens is 1. The van der Waals surface area contributed by atoms with Crippen LogP contribution in [0, 0.1) is 0 Å². The molecule has 1 saturated heterocycles. The summed E-state index contributed by atoms with van der Waals surface area (Å²) in [6.45, 7) is 1.47. The predicted octanol–water partition coefficient (Wildman–Crippen LogP) is 2.38. The number of rotatable bonds is 2. The molecule has 1 aliphatic rings. The molecule has 100 valence electrons. The second kappa shape index (κ2) is 5.01. The van der Waals surface area contributed by atoms with Crippen LogP contribution in [0.25, 0.3) is 0 Å². The van der Waals surface area contributed by atoms with Gasteiger partial charge >= 0.3 is 6.18 Å². The number of hydrogen-bond donors (Lipinski definition) is 2. The van der Waals surface area contributed by atoms with E-state index in [9.17, 15) is 13.2 Å². The van der Waals surface area contributed by atoms with Gasteiger partial charge in [-0.2, -0.15) is 13.2 Å². The van der Waals surface area contributed by atoms with Gasteiger partial charge in [0.25, 0.3) is 0 Å². The molecule has 18 heavy (non-hydrogen) atoms. The Bertz CT molecular complexity index is 413. The SMILES string of the molecule is NNc1cc(C(F)(F)F)cc(N2CCCCC2)n1. The molecule has 2 rings (SSSR count). The monoisotopic (exact) mass is 260 g/mol. The number of piperidine rings is 1. The molecule has 0 saturated carbocycles. The molecular weight excluding hydrogens is 245 g/mol. The van der Waals surface area contributed by atoms with Crippen molar-refractivity contribution < 1.29 is 13.2 Å². The Labute approximate surface area is 103 Å². The van der Waals surface area contributed by atoms with Crippen molar-refractivity contribution in [3.05, 3.63) is 17.7 Å². The molecule has 0 spiro atoms. The molecule has 0 unspecified atom stereocenters. The van der Waals surface area contributed by atoms with E-state index in [1.54, 1.807) is 0 Å². The molecular formula is C11H15F3N4. The molecule has 1 fully saturated rings. The fourth-order valence-electron chi connectivity index (χ4n) is 2.04. The number of nitrogens with two attached hydrogens (primary N) is 1. The lowest BCUT2D eigenvalue weighted by Gasteiger charge is -2.28. The highest BCUT2D eigenvalue weighted by Crippen LogP contribution is 2.33. The summed E-state index contributed by atoms with van der Waals surface area (Å²) in [5.74, 6) is 5.53. The Hall–Kier alpha value is -1.50. The van der Waals surface area contributed by atoms with Gasteiger partial charge in [0.1, 0.15) is 11.6 Å². The van der Waals surface area contributed by atoms with Crippen molar-refractivity contribution in [1.82, 2.24) is 4.98 Å². The first kappa shape index (κ1) is 12.9. The first-order chi connectivity index (χ1) is 8.50. The number of nitrogens with one attached hydrogen (secondary N) is 1. The second-order valence-electron chi connectivity index (χ2n) is 4.29. The molecule has 0 bridgehead atoms. The van der Waals surface area contributed by atoms with Crippen LogP contribution in [0.4, 0.5) is 24.8 Å². The zero-order valence-electron chi connectivity index (χ0n) is 9.80. The van der Waals surface area contributed by atoms with Crippen LogP contribution in [0.3, 0.4) is 0 Å². The van der Waals surface area contributed by atoms with Crippen molar-refractivity contribution in [1.29, 1.82) is 0 Å². The molecule has 1 aliphatic heterocycles. The van der Waals surface area contributed by atoms with E-state index in [1.807, 2.05) is 4.90 Å². The van der Waals surface area contributed by atoms with Crippen molar-refractivity contribution in [2.75, 3.05) is 23.4 Å². The Kier molecular flexibility index (Phi) is 3.60. The second-order valence-corrected chi connectivity index (χ2v) is 4.29. The molecule has 4 nitrogen and oxygen atoms in total. The molecule has 3 N–H and O–H groups in total. The van der Waals surface area contributed by atoms with Gasteiger partial charge in [-0.15, -0.1) is 0 Å². The van der Waals surface area contributed by atoms with Crippen LogP contribution in [-0.2, 0) is 6.18 Å². The topological polar surface area (TPSA) is 54.2 Å². The first-order valence-corrected chi connectivity index (χ1v) is 5.81. The van der Waals surface area contributed by atoms with Crippen LogP contribution >= 0.6 is 0 Å². The fraction of sp³-hybridized carbons (Fsp3) is 0.545. The number of alkyl halides is 3. The third kappa shape index (κ3) is 2.84. The molecule has 1 aromatic rings. The standard InChI is InChI=1S/C11H15F3N4/c12-11(13,14)8-6-9(17-15)16-10(7-8)18-4-2-1-3-5-18/h6-7H,1-5,15H2,(H,16,17). The Morgan fingerprint density at radius 2 is 1.83 bits per heavy atom. The Morgan fingerprint density at radius 1 is 1.17 bits per heavy atom. The Morgan fingerprint density at radius 3 is 2.39 bits per heavy atom. The van der Waals surface area contributed by atoms with E-state index < -0.39 is 11.7 Å². The predicted molar refractivity (Wildman–Crippen MR) is 63.1 cm³/mol. The van der Waals surface area contributed by atoms with Crippen molar-refractivity contribution in [3.8, 4) is 0 Å². The number of halogens is 3. The van der Waals surface area contributed by atoms with Crippen molar-refractivity contribution >= 4 is 11.6 Å². The number of hydrogen-bond acceptors (Lipinski definition) is 4. The lowest BCUT2D eigenvalue weighted by atomic mass is 10.1. The van der Waals surface area contributed by atoms with Gasteiger partial charge in [-0.25, -0.2) is 10.8 Å². The van der Waals surface area contributed by atoms with Gasteiger partial charge in [-0.3, -0.25) is 0 Å². The van der Waals surface area contributed by atoms with Gasteiger partial charge in [0, 0.05) is 13.1 Å². The summed E-state index contributed by atoms with van der Waals surface area (Å²) in [7, 11) is 0. The van der Waals surface area contributed by atoms with Crippen LogP contribution in [0.2, 0.25) is 0 Å². The van der Waals surface area contributed by atoms with Crippen molar-refractivity contribution in [2.24, 2.45) is 5.84 Å². The highest BCUT2D eigenvalue weighted by molar-refractivity contribution is 5.51. The van der Waals surface area contributed by atoms with Crippen LogP contribution < -0.4 is 16.2 Å². The van der Waals surface area contributed by atoms with Gasteiger partial charge in [0.15, 0.2) is 0 Å². The summed E-state index contributed by atoms with van der Waals surface area (Å²) >= 11 is 0. The summed E-state index contributed by atoms with van der Waals surface area (Å²) in [6.07, 6.45) is -1.33. The van der Waals surface area contributed by atoms with E-state index in [0.29, 0.717) is 5.82 Å². The maximum Gasteiger partial charge on any atom is 0.416 e. The zero-order chi connectivity index (χ0) is 13.2. The van der Waals surface area contributed by atoms with Crippen LogP contribution in [-0.4, -0.2) is 18.1 Å². The van der Waals surface area contributed by atoms with Crippen molar-refractivity contribution in [3.63, 3.8) is 0 Å². The highest BCUT2D eigenvalue weighted by atomic mass is 19.4. The molecule has 0 radical (unpaired) electrons. The third-order valence-electron chi connectivity index (χ3n) is 2.97. The molecule has 1 aromatic heterocycles. The number of pyridine rings is 1. The van der Waals surface area contributed by atoms with E-state index in [1.165, 1.54) is 0 Å². The van der Waals surface area contributed by atoms with E-state index in [-0.39, 0.29) is 5.82 Å². The molecule has 7 heteroatoms. The third-order valence-corrected chi connectivity index (χ3v) is 2.97. The number of nitrogen functional groups attached to an aromatic ring is 1. The van der Waals surface area contributed by atoms with Gasteiger partial charge < -0.3 is 10.3 Å². The van der Waals surface area contributed by atoms with E-state index in [4.69, 9.17) is 5.84 Å². The summed E-state index contributed by atoms with van der Waals surface area (Å²) in [5, 5.41) is 0. The minimum atomic E-state index is -4.39. The summed E-state index contributed by atoms with van der Waals surface area (Å²) in [5.41, 5.74) is 1.45. The van der Waals surface area contributed by atoms with Crippen LogP contribution in [0.15, 0.2) is 12.1 Å². The maximum absolute atomic E-state index is 12.7.